The van der Waals surface area contributed by atoms with Crippen LogP contribution in [0.15, 0.2) is 60.8 Å². The van der Waals surface area contributed by atoms with E-state index in [2.05, 4.69) is 47.5 Å². The molecule has 1 heterocycles. The van der Waals surface area contributed by atoms with E-state index in [9.17, 15) is 43.2 Å². The Balaban J connectivity index is 1.71. The highest BCUT2D eigenvalue weighted by atomic mass is 32.2. The SMILES string of the molecule is CSCC[C@H](NC(=O)CN)C(=O)N[C@@H](C)C(=O)N[C@H](C)C(=O)N[C@@H](C)C(=O)N[C@H](C)C(=O)N[C@H](Cc1c[nH]c2ccccc12)C(=O)N[C@@H](Cc1ccccc1)C(=O)N[C@@H](CCCCN)C(N)=O. The standard InChI is InChI=1S/C45H66N12O9S/c1-25(51-41(62)27(3)53-43(64)34(18-20-67-5)54-37(58)23-47)39(60)50-26(2)40(61)52-28(4)42(63)56-36(22-30-24-49-32-16-10-9-15-31(30)32)45(66)57-35(21-29-13-7-6-8-14-29)44(65)55-33(38(48)59)17-11-12-19-46/h6-10,13-16,24-28,33-36,49H,11-12,17-23,46-47H2,1-5H3,(H2,48,59)(H,50,60)(H,51,62)(H,52,61)(H,53,64)(H,54,58)(H,55,65)(H,56,63)(H,57,66)/t25-,26+,27+,28-,33+,34+,35+,36-/m1/s1. The molecule has 0 fully saturated rings. The van der Waals surface area contributed by atoms with Gasteiger partial charge in [0.1, 0.15) is 48.3 Å². The molecule has 2 aromatic carbocycles. The molecule has 15 N–H and O–H groups in total. The van der Waals surface area contributed by atoms with Crippen molar-refractivity contribution in [3.8, 4) is 0 Å². The Kier molecular flexibility index (Phi) is 22.8. The number of carbonyl (C=O) groups is 9. The van der Waals surface area contributed by atoms with E-state index < -0.39 is 101 Å². The number of H-pyrrole nitrogens is 1. The summed E-state index contributed by atoms with van der Waals surface area (Å²) in [6.45, 7) is 5.59. The van der Waals surface area contributed by atoms with Gasteiger partial charge in [-0.25, -0.2) is 0 Å². The van der Waals surface area contributed by atoms with E-state index in [1.807, 2.05) is 30.5 Å². The van der Waals surface area contributed by atoms with E-state index in [1.165, 1.54) is 39.5 Å². The Bertz CT molecular complexity index is 2170. The maximum absolute atomic E-state index is 14.3. The third kappa shape index (κ3) is 18.0. The predicted molar refractivity (Wildman–Crippen MR) is 254 cm³/mol. The van der Waals surface area contributed by atoms with Gasteiger partial charge in [0.15, 0.2) is 0 Å². The van der Waals surface area contributed by atoms with Crippen LogP contribution in [0.2, 0.25) is 0 Å². The molecular weight excluding hydrogens is 885 g/mol. The first kappa shape index (κ1) is 54.8. The Morgan fingerprint density at radius 2 is 1.03 bits per heavy atom. The van der Waals surface area contributed by atoms with Gasteiger partial charge in [-0.2, -0.15) is 11.8 Å². The zero-order valence-electron chi connectivity index (χ0n) is 38.6. The monoisotopic (exact) mass is 950 g/mol. The fraction of sp³-hybridized carbons (Fsp3) is 0.489. The van der Waals surface area contributed by atoms with Gasteiger partial charge >= 0.3 is 0 Å². The predicted octanol–water partition coefficient (Wildman–Crippen LogP) is -1.76. The van der Waals surface area contributed by atoms with Crippen LogP contribution in [0.3, 0.4) is 0 Å². The van der Waals surface area contributed by atoms with E-state index in [1.54, 1.807) is 36.5 Å². The van der Waals surface area contributed by atoms with Gasteiger partial charge in [0.2, 0.25) is 53.2 Å². The van der Waals surface area contributed by atoms with Crippen LogP contribution in [-0.4, -0.2) is 132 Å². The van der Waals surface area contributed by atoms with Crippen molar-refractivity contribution >= 4 is 75.8 Å². The second-order valence-corrected chi connectivity index (χ2v) is 17.1. The molecule has 3 aromatic rings. The number of hydrogen-bond donors (Lipinski definition) is 12. The van der Waals surface area contributed by atoms with Crippen LogP contribution in [0.25, 0.3) is 10.9 Å². The summed E-state index contributed by atoms with van der Waals surface area (Å²) in [6.07, 6.45) is 5.20. The van der Waals surface area contributed by atoms with Crippen molar-refractivity contribution in [3.63, 3.8) is 0 Å². The number of unbranched alkanes of at least 4 members (excludes halogenated alkanes) is 1. The fourth-order valence-electron chi connectivity index (χ4n) is 6.76. The summed E-state index contributed by atoms with van der Waals surface area (Å²) in [5.74, 6) is -5.73. The van der Waals surface area contributed by atoms with E-state index in [4.69, 9.17) is 17.2 Å². The fourth-order valence-corrected chi connectivity index (χ4v) is 7.23. The lowest BCUT2D eigenvalue weighted by molar-refractivity contribution is -0.135. The average Bonchev–Trinajstić information content (AvgIpc) is 3.71. The van der Waals surface area contributed by atoms with Crippen molar-refractivity contribution in [2.24, 2.45) is 17.2 Å². The minimum Gasteiger partial charge on any atom is -0.368 e. The molecule has 0 bridgehead atoms. The molecule has 0 unspecified atom stereocenters. The third-order valence-corrected chi connectivity index (χ3v) is 11.4. The van der Waals surface area contributed by atoms with Gasteiger partial charge in [0.25, 0.3) is 0 Å². The molecule has 0 aliphatic carbocycles. The number of carbonyl (C=O) groups excluding carboxylic acids is 9. The second-order valence-electron chi connectivity index (χ2n) is 16.2. The molecule has 0 aliphatic heterocycles. The van der Waals surface area contributed by atoms with Crippen molar-refractivity contribution in [2.45, 2.75) is 115 Å². The van der Waals surface area contributed by atoms with Gasteiger partial charge < -0.3 is 64.7 Å². The van der Waals surface area contributed by atoms with E-state index >= 15 is 0 Å². The molecule has 21 nitrogen and oxygen atoms in total. The van der Waals surface area contributed by atoms with E-state index in [0.717, 1.165) is 10.9 Å². The largest absolute Gasteiger partial charge is 0.368 e. The topological polar surface area (TPSA) is 344 Å². The van der Waals surface area contributed by atoms with Crippen molar-refractivity contribution < 1.29 is 43.2 Å². The molecule has 9 amide bonds. The lowest BCUT2D eigenvalue weighted by Crippen LogP contribution is -2.59. The van der Waals surface area contributed by atoms with Crippen LogP contribution in [0.4, 0.5) is 0 Å². The van der Waals surface area contributed by atoms with Gasteiger partial charge in [0.05, 0.1) is 6.54 Å². The van der Waals surface area contributed by atoms with Crippen molar-refractivity contribution in [2.75, 3.05) is 25.1 Å². The number of aromatic amines is 1. The lowest BCUT2D eigenvalue weighted by atomic mass is 10.0. The molecule has 67 heavy (non-hydrogen) atoms. The Morgan fingerprint density at radius 3 is 1.57 bits per heavy atom. The number of hydrogen-bond acceptors (Lipinski definition) is 12. The highest BCUT2D eigenvalue weighted by Gasteiger charge is 2.32. The molecular formula is C45H66N12O9S. The number of rotatable bonds is 28. The highest BCUT2D eigenvalue weighted by Crippen LogP contribution is 2.20. The first-order valence-electron chi connectivity index (χ1n) is 22.1. The zero-order chi connectivity index (χ0) is 49.6. The maximum Gasteiger partial charge on any atom is 0.243 e. The Labute approximate surface area is 394 Å². The van der Waals surface area contributed by atoms with Crippen molar-refractivity contribution in [3.05, 3.63) is 71.9 Å². The van der Waals surface area contributed by atoms with Gasteiger partial charge in [-0.1, -0.05) is 48.5 Å². The Hall–Kier alpha value is -6.52. The molecule has 0 saturated heterocycles. The number of fused-ring (bicyclic) bond motifs is 1. The highest BCUT2D eigenvalue weighted by molar-refractivity contribution is 7.98. The number of nitrogens with two attached hydrogens (primary N) is 3. The summed E-state index contributed by atoms with van der Waals surface area (Å²) < 4.78 is 0. The van der Waals surface area contributed by atoms with E-state index in [0.29, 0.717) is 42.7 Å². The summed E-state index contributed by atoms with van der Waals surface area (Å²) in [6, 6.07) is 7.09. The molecule has 0 saturated carbocycles. The number of primary amides is 1. The molecule has 0 aliphatic rings. The van der Waals surface area contributed by atoms with Gasteiger partial charge in [0, 0.05) is 29.9 Å². The number of nitrogens with one attached hydrogen (secondary N) is 9. The maximum atomic E-state index is 14.3. The van der Waals surface area contributed by atoms with Gasteiger partial charge in [-0.15, -0.1) is 0 Å². The minimum atomic E-state index is -1.28. The van der Waals surface area contributed by atoms with Crippen LogP contribution in [0, 0.1) is 0 Å². The lowest BCUT2D eigenvalue weighted by Gasteiger charge is -2.26. The first-order valence-corrected chi connectivity index (χ1v) is 23.5. The van der Waals surface area contributed by atoms with Crippen LogP contribution in [0.1, 0.15) is 64.5 Å². The summed E-state index contributed by atoms with van der Waals surface area (Å²) in [7, 11) is 0. The van der Waals surface area contributed by atoms with Crippen LogP contribution in [0.5, 0.6) is 0 Å². The second kappa shape index (κ2) is 27.8. The summed E-state index contributed by atoms with van der Waals surface area (Å²) in [5, 5.41) is 21.5. The third-order valence-electron chi connectivity index (χ3n) is 10.7. The number of amides is 9. The van der Waals surface area contributed by atoms with Gasteiger partial charge in [-0.05, 0) is 89.1 Å². The number of benzene rings is 2. The summed E-state index contributed by atoms with van der Waals surface area (Å²) >= 11 is 1.47. The normalized spacial score (nSPS) is 14.6. The minimum absolute atomic E-state index is 0.0316. The Morgan fingerprint density at radius 1 is 0.552 bits per heavy atom. The molecule has 366 valence electrons. The quantitative estimate of drug-likeness (QED) is 0.0360. The van der Waals surface area contributed by atoms with Crippen LogP contribution >= 0.6 is 11.8 Å². The number of thioether (sulfide) groups is 1. The molecule has 0 spiro atoms. The number of para-hydroxylation sites is 1. The van der Waals surface area contributed by atoms with Crippen molar-refractivity contribution in [1.82, 2.24) is 47.5 Å². The molecule has 22 heteroatoms. The first-order chi connectivity index (χ1) is 31.9. The molecule has 8 atom stereocenters. The summed E-state index contributed by atoms with van der Waals surface area (Å²) in [5.41, 5.74) is 18.8. The molecule has 1 aromatic heterocycles. The van der Waals surface area contributed by atoms with Crippen molar-refractivity contribution in [1.29, 1.82) is 0 Å². The van der Waals surface area contributed by atoms with Crippen LogP contribution < -0.4 is 59.7 Å². The summed E-state index contributed by atoms with van der Waals surface area (Å²) in [4.78, 5) is 121. The zero-order valence-corrected chi connectivity index (χ0v) is 39.4. The number of aromatic nitrogens is 1. The smallest absolute Gasteiger partial charge is 0.243 e. The average molecular weight is 951 g/mol. The van der Waals surface area contributed by atoms with E-state index in [-0.39, 0.29) is 25.8 Å². The molecule has 0 radical (unpaired) electrons. The van der Waals surface area contributed by atoms with Crippen LogP contribution in [-0.2, 0) is 56.0 Å². The van der Waals surface area contributed by atoms with Gasteiger partial charge in [-0.3, -0.25) is 43.2 Å². The molecule has 3 rings (SSSR count).